The molecule has 1 aliphatic rings. The molecular formula is C18H15N3OS2. The molecule has 2 aromatic rings. The number of amides is 1. The highest BCUT2D eigenvalue weighted by Gasteiger charge is 2.22. The number of rotatable bonds is 3. The highest BCUT2D eigenvalue weighted by molar-refractivity contribution is 7.16. The van der Waals surface area contributed by atoms with E-state index in [0.717, 1.165) is 41.7 Å². The van der Waals surface area contributed by atoms with E-state index in [1.54, 1.807) is 6.08 Å². The summed E-state index contributed by atoms with van der Waals surface area (Å²) in [5.41, 5.74) is 2.72. The summed E-state index contributed by atoms with van der Waals surface area (Å²) in [6.07, 6.45) is 5.65. The second-order valence-corrected chi connectivity index (χ2v) is 7.67. The molecule has 0 spiro atoms. The van der Waals surface area contributed by atoms with Crippen molar-refractivity contribution < 1.29 is 4.79 Å². The van der Waals surface area contributed by atoms with Crippen molar-refractivity contribution in [3.63, 3.8) is 0 Å². The second-order valence-electron chi connectivity index (χ2n) is 5.62. The average Bonchev–Trinajstić information content (AvgIpc) is 3.14. The van der Waals surface area contributed by atoms with Crippen LogP contribution in [-0.4, -0.2) is 5.91 Å². The molecule has 4 nitrogen and oxygen atoms in total. The number of nitrogens with zero attached hydrogens (tertiary/aromatic N) is 2. The lowest BCUT2D eigenvalue weighted by Crippen LogP contribution is -2.13. The second kappa shape index (κ2) is 7.00. The molecule has 1 N–H and O–H groups in total. The summed E-state index contributed by atoms with van der Waals surface area (Å²) in [5.74, 6) is -0.458. The van der Waals surface area contributed by atoms with Crippen LogP contribution in [0, 0.1) is 29.6 Å². The number of carbonyl (C=O) groups is 1. The summed E-state index contributed by atoms with van der Waals surface area (Å²) < 4.78 is 0. The van der Waals surface area contributed by atoms with Crippen LogP contribution in [0.5, 0.6) is 0 Å². The molecule has 24 heavy (non-hydrogen) atoms. The van der Waals surface area contributed by atoms with Crippen molar-refractivity contribution in [3.05, 3.63) is 43.5 Å². The molecule has 0 bridgehead atoms. The minimum absolute atomic E-state index is 0.0517. The predicted octanol–water partition coefficient (Wildman–Crippen LogP) is 4.41. The van der Waals surface area contributed by atoms with E-state index in [4.69, 9.17) is 0 Å². The molecule has 2 heterocycles. The first-order valence-corrected chi connectivity index (χ1v) is 9.35. The van der Waals surface area contributed by atoms with Gasteiger partial charge in [-0.25, -0.2) is 0 Å². The van der Waals surface area contributed by atoms with Crippen LogP contribution in [0.3, 0.4) is 0 Å². The fourth-order valence-corrected chi connectivity index (χ4v) is 4.85. The van der Waals surface area contributed by atoms with E-state index >= 15 is 0 Å². The topological polar surface area (TPSA) is 76.7 Å². The summed E-state index contributed by atoms with van der Waals surface area (Å²) in [4.78, 5) is 14.5. The van der Waals surface area contributed by atoms with Crippen LogP contribution in [0.15, 0.2) is 17.0 Å². The summed E-state index contributed by atoms with van der Waals surface area (Å²) in [5, 5.41) is 24.0. The summed E-state index contributed by atoms with van der Waals surface area (Å²) >= 11 is 2.95. The van der Waals surface area contributed by atoms with Crippen LogP contribution < -0.4 is 5.32 Å². The minimum Gasteiger partial charge on any atom is -0.312 e. The molecule has 2 aromatic heterocycles. The third-order valence-electron chi connectivity index (χ3n) is 4.05. The van der Waals surface area contributed by atoms with Gasteiger partial charge >= 0.3 is 0 Å². The quantitative estimate of drug-likeness (QED) is 0.656. The molecule has 0 unspecified atom stereocenters. The number of thiophene rings is 2. The third-order valence-corrected chi connectivity index (χ3v) is 6.23. The van der Waals surface area contributed by atoms with Crippen molar-refractivity contribution in [2.45, 2.75) is 32.6 Å². The number of aryl methyl sites for hydroxylation is 2. The van der Waals surface area contributed by atoms with Gasteiger partial charge in [0.15, 0.2) is 0 Å². The normalized spacial score (nSPS) is 13.7. The molecule has 0 atom stereocenters. The van der Waals surface area contributed by atoms with Crippen LogP contribution in [0.2, 0.25) is 0 Å². The maximum Gasteiger partial charge on any atom is 0.267 e. The Morgan fingerprint density at radius 3 is 2.79 bits per heavy atom. The monoisotopic (exact) mass is 353 g/mol. The largest absolute Gasteiger partial charge is 0.312 e. The Morgan fingerprint density at radius 1 is 1.33 bits per heavy atom. The molecule has 0 saturated carbocycles. The number of carbonyl (C=O) groups excluding carboxylic acids is 1. The van der Waals surface area contributed by atoms with Gasteiger partial charge in [-0.2, -0.15) is 10.5 Å². The van der Waals surface area contributed by atoms with E-state index < -0.39 is 5.91 Å². The lowest BCUT2D eigenvalue weighted by Gasteiger charge is -2.09. The van der Waals surface area contributed by atoms with Crippen molar-refractivity contribution in [1.29, 1.82) is 10.5 Å². The Balaban J connectivity index is 1.88. The van der Waals surface area contributed by atoms with Crippen molar-refractivity contribution in [2.24, 2.45) is 0 Å². The van der Waals surface area contributed by atoms with Gasteiger partial charge in [0, 0.05) is 9.75 Å². The van der Waals surface area contributed by atoms with Crippen molar-refractivity contribution in [2.75, 3.05) is 5.32 Å². The van der Waals surface area contributed by atoms with Crippen LogP contribution in [0.4, 0.5) is 5.00 Å². The average molecular weight is 353 g/mol. The Hall–Kier alpha value is -2.41. The molecule has 120 valence electrons. The van der Waals surface area contributed by atoms with Gasteiger partial charge in [-0.15, -0.1) is 22.7 Å². The van der Waals surface area contributed by atoms with Gasteiger partial charge in [0.05, 0.1) is 5.56 Å². The van der Waals surface area contributed by atoms with E-state index in [2.05, 4.69) is 11.4 Å². The van der Waals surface area contributed by atoms with Gasteiger partial charge < -0.3 is 5.32 Å². The van der Waals surface area contributed by atoms with Crippen molar-refractivity contribution >= 4 is 39.7 Å². The zero-order valence-corrected chi connectivity index (χ0v) is 14.8. The van der Waals surface area contributed by atoms with Crippen LogP contribution in [0.1, 0.15) is 39.3 Å². The molecule has 1 aliphatic carbocycles. The standard InChI is InChI=1S/C18H15N3OS2/c1-11-6-7-23-16(11)8-12(9-19)17(22)21-18-14(10-20)13-4-2-3-5-15(13)24-18/h6-8H,2-5H2,1H3,(H,21,22). The molecule has 3 rings (SSSR count). The molecule has 6 heteroatoms. The molecule has 0 saturated heterocycles. The van der Waals surface area contributed by atoms with E-state index in [1.165, 1.54) is 27.6 Å². The predicted molar refractivity (Wildman–Crippen MR) is 97.0 cm³/mol. The third kappa shape index (κ3) is 3.12. The fraction of sp³-hybridized carbons (Fsp3) is 0.278. The molecule has 0 aliphatic heterocycles. The molecule has 0 aromatic carbocycles. The number of fused-ring (bicyclic) bond motifs is 1. The zero-order valence-electron chi connectivity index (χ0n) is 13.2. The molecule has 0 fully saturated rings. The van der Waals surface area contributed by atoms with Gasteiger partial charge in [0.2, 0.25) is 0 Å². The van der Waals surface area contributed by atoms with E-state index in [1.807, 2.05) is 24.4 Å². The molecule has 0 radical (unpaired) electrons. The first kappa shape index (κ1) is 16.4. The van der Waals surface area contributed by atoms with Gasteiger partial charge in [-0.1, -0.05) is 0 Å². The van der Waals surface area contributed by atoms with Gasteiger partial charge in [-0.3, -0.25) is 4.79 Å². The smallest absolute Gasteiger partial charge is 0.267 e. The lowest BCUT2D eigenvalue weighted by atomic mass is 9.96. The first-order chi connectivity index (χ1) is 11.6. The number of hydrogen-bond acceptors (Lipinski definition) is 5. The van der Waals surface area contributed by atoms with Gasteiger partial charge in [0.25, 0.3) is 5.91 Å². The number of hydrogen-bond donors (Lipinski definition) is 1. The SMILES string of the molecule is Cc1ccsc1C=C(C#N)C(=O)Nc1sc2c(c1C#N)CCCC2. The van der Waals surface area contributed by atoms with Gasteiger partial charge in [-0.05, 0) is 61.3 Å². The Morgan fingerprint density at radius 2 is 2.12 bits per heavy atom. The maximum atomic E-state index is 12.5. The van der Waals surface area contributed by atoms with E-state index in [9.17, 15) is 15.3 Å². The lowest BCUT2D eigenvalue weighted by molar-refractivity contribution is -0.112. The number of nitrogens with one attached hydrogen (secondary N) is 1. The molecule has 1 amide bonds. The fourth-order valence-electron chi connectivity index (χ4n) is 2.75. The highest BCUT2D eigenvalue weighted by Crippen LogP contribution is 2.37. The first-order valence-electron chi connectivity index (χ1n) is 7.66. The van der Waals surface area contributed by atoms with Crippen molar-refractivity contribution in [3.8, 4) is 12.1 Å². The molecular weight excluding hydrogens is 338 g/mol. The maximum absolute atomic E-state index is 12.5. The minimum atomic E-state index is -0.458. The Kier molecular flexibility index (Phi) is 4.80. The Labute approximate surface area is 148 Å². The summed E-state index contributed by atoms with van der Waals surface area (Å²) in [6.45, 7) is 1.94. The van der Waals surface area contributed by atoms with Crippen LogP contribution >= 0.6 is 22.7 Å². The van der Waals surface area contributed by atoms with Crippen LogP contribution in [-0.2, 0) is 17.6 Å². The summed E-state index contributed by atoms with van der Waals surface area (Å²) in [7, 11) is 0. The van der Waals surface area contributed by atoms with E-state index in [-0.39, 0.29) is 5.57 Å². The van der Waals surface area contributed by atoms with E-state index in [0.29, 0.717) is 10.6 Å². The summed E-state index contributed by atoms with van der Waals surface area (Å²) in [6, 6.07) is 6.13. The van der Waals surface area contributed by atoms with Crippen LogP contribution in [0.25, 0.3) is 6.08 Å². The zero-order chi connectivity index (χ0) is 17.1. The number of nitriles is 2. The van der Waals surface area contributed by atoms with Gasteiger partial charge in [0.1, 0.15) is 22.7 Å². The van der Waals surface area contributed by atoms with Crippen molar-refractivity contribution in [1.82, 2.24) is 0 Å². The number of anilines is 1. The highest BCUT2D eigenvalue weighted by atomic mass is 32.1. The Bertz CT molecular complexity index is 906.